The lowest BCUT2D eigenvalue weighted by Gasteiger charge is -2.18. The highest BCUT2D eigenvalue weighted by Crippen LogP contribution is 2.43. The Hall–Kier alpha value is -6.94. The van der Waals surface area contributed by atoms with E-state index in [1.807, 2.05) is 48.5 Å². The maximum Gasteiger partial charge on any atom is 0.336 e. The summed E-state index contributed by atoms with van der Waals surface area (Å²) in [5.74, 6) is -2.42. The van der Waals surface area contributed by atoms with Crippen LogP contribution in [0.15, 0.2) is 107 Å². The fourth-order valence-corrected chi connectivity index (χ4v) is 7.59. The van der Waals surface area contributed by atoms with Gasteiger partial charge in [0, 0.05) is 43.1 Å². The van der Waals surface area contributed by atoms with Crippen LogP contribution in [0.2, 0.25) is 0 Å². The molecule has 0 unspecified atom stereocenters. The van der Waals surface area contributed by atoms with Crippen LogP contribution >= 0.6 is 0 Å². The summed E-state index contributed by atoms with van der Waals surface area (Å²) < 4.78 is 3.07. The summed E-state index contributed by atoms with van der Waals surface area (Å²) >= 11 is 0. The topological polar surface area (TPSA) is 143 Å². The third-order valence-electron chi connectivity index (χ3n) is 9.54. The highest BCUT2D eigenvalue weighted by Gasteiger charge is 2.26. The molecule has 0 aliphatic carbocycles. The molecule has 0 radical (unpaired) electrons. The van der Waals surface area contributed by atoms with Gasteiger partial charge in [-0.05, 0) is 71.8 Å². The van der Waals surface area contributed by atoms with Crippen molar-refractivity contribution in [2.24, 2.45) is 0 Å². The van der Waals surface area contributed by atoms with Crippen molar-refractivity contribution in [2.75, 3.05) is 0 Å². The van der Waals surface area contributed by atoms with Gasteiger partial charge in [0.2, 0.25) is 0 Å². The lowest BCUT2D eigenvalue weighted by atomic mass is 9.86. The second-order valence-electron chi connectivity index (χ2n) is 11.9. The van der Waals surface area contributed by atoms with Gasteiger partial charge in [0.1, 0.15) is 11.3 Å². The van der Waals surface area contributed by atoms with E-state index in [0.29, 0.717) is 76.8 Å². The van der Waals surface area contributed by atoms with Gasteiger partial charge in [0.15, 0.2) is 0 Å². The van der Waals surface area contributed by atoms with E-state index in [0.717, 1.165) is 0 Å². The number of aromatic nitrogens is 4. The molecule has 4 heterocycles. The number of carboxylic acids is 2. The van der Waals surface area contributed by atoms with Gasteiger partial charge in [0.05, 0.1) is 33.2 Å². The molecule has 0 spiro atoms. The van der Waals surface area contributed by atoms with E-state index in [4.69, 9.17) is 9.97 Å². The first-order valence-electron chi connectivity index (χ1n) is 15.0. The predicted octanol–water partition coefficient (Wildman–Crippen LogP) is 6.56. The Morgan fingerprint density at radius 1 is 0.479 bits per heavy atom. The number of pyridine rings is 2. The van der Waals surface area contributed by atoms with Gasteiger partial charge in [0.25, 0.3) is 11.1 Å². The van der Waals surface area contributed by atoms with Crippen LogP contribution in [0.1, 0.15) is 20.7 Å². The number of hydrogen-bond acceptors (Lipinski definition) is 6. The first-order chi connectivity index (χ1) is 23.3. The molecule has 4 aromatic heterocycles. The number of imidazole rings is 2. The first-order valence-corrected chi connectivity index (χ1v) is 15.0. The summed E-state index contributed by atoms with van der Waals surface area (Å²) in [6, 6.07) is 27.5. The molecule has 2 N–H and O–H groups in total. The minimum absolute atomic E-state index is 0.0572. The Kier molecular flexibility index (Phi) is 4.85. The Morgan fingerprint density at radius 3 is 1.29 bits per heavy atom. The average molecular weight is 627 g/mol. The maximum absolute atomic E-state index is 14.1. The highest BCUT2D eigenvalue weighted by atomic mass is 16.4. The molecule has 6 aromatic carbocycles. The third-order valence-corrected chi connectivity index (χ3v) is 9.54. The fraction of sp³-hybridized carbons (Fsp3) is 0. The number of fused-ring (bicyclic) bond motifs is 8. The van der Waals surface area contributed by atoms with Crippen molar-refractivity contribution in [3.63, 3.8) is 0 Å². The Morgan fingerprint density at radius 2 is 0.875 bits per heavy atom. The standard InChI is InChI=1S/C38H18N4O6/c43-35-21-13-9-17(29-23(37(45)46)15-11-19(31(21)29)33-39-25-5-1-3-7-27(25)41(33)35)18-10-14-22-32-20(12-16-24(30(18)32)38(47)48)34-40-26-6-2-4-8-28(26)42(34)36(22)44/h1-16H,(H,45,46)(H,47,48). The van der Waals surface area contributed by atoms with Gasteiger partial charge in [-0.2, -0.15) is 0 Å². The summed E-state index contributed by atoms with van der Waals surface area (Å²) in [4.78, 5) is 63.3. The number of carboxylic acid groups (broad SMARTS) is 2. The van der Waals surface area contributed by atoms with Crippen LogP contribution in [0, 0.1) is 0 Å². The second kappa shape index (κ2) is 8.86. The Labute approximate surface area is 266 Å². The number of aromatic carboxylic acids is 2. The van der Waals surface area contributed by atoms with Crippen molar-refractivity contribution in [1.29, 1.82) is 0 Å². The quantitative estimate of drug-likeness (QED) is 0.224. The maximum atomic E-state index is 14.1. The molecule has 0 saturated heterocycles. The smallest absolute Gasteiger partial charge is 0.336 e. The van der Waals surface area contributed by atoms with Crippen LogP contribution in [-0.2, 0) is 0 Å². The lowest BCUT2D eigenvalue weighted by Crippen LogP contribution is -2.15. The zero-order valence-corrected chi connectivity index (χ0v) is 24.6. The zero-order valence-electron chi connectivity index (χ0n) is 24.6. The fourth-order valence-electron chi connectivity index (χ4n) is 7.59. The van der Waals surface area contributed by atoms with Crippen LogP contribution < -0.4 is 11.1 Å². The van der Waals surface area contributed by atoms with E-state index in [2.05, 4.69) is 0 Å². The third kappa shape index (κ3) is 3.10. The first kappa shape index (κ1) is 26.3. The molecule has 10 heteroatoms. The molecule has 0 fully saturated rings. The van der Waals surface area contributed by atoms with Gasteiger partial charge in [-0.25, -0.2) is 19.6 Å². The van der Waals surface area contributed by atoms with E-state index < -0.39 is 11.9 Å². The minimum atomic E-state index is -1.21. The molecular weight excluding hydrogens is 608 g/mol. The predicted molar refractivity (Wildman–Crippen MR) is 183 cm³/mol. The van der Waals surface area contributed by atoms with E-state index in [9.17, 15) is 29.4 Å². The molecule has 0 atom stereocenters. The van der Waals surface area contributed by atoms with Crippen LogP contribution in [-0.4, -0.2) is 40.9 Å². The Bertz CT molecular complexity index is 3020. The van der Waals surface area contributed by atoms with Gasteiger partial charge < -0.3 is 10.2 Å². The molecule has 0 bridgehead atoms. The summed E-state index contributed by atoms with van der Waals surface area (Å²) in [5.41, 5.74) is 3.28. The SMILES string of the molecule is O=C(O)c1ccc2c3c1c(-c1ccc4c(=O)n5c6ccccc6nc5c5ccc(C(=O)O)c1c45)ccc3c(=O)n1c3ccccc3nc21. The molecule has 48 heavy (non-hydrogen) atoms. The molecule has 10 rings (SSSR count). The number of benzene rings is 6. The van der Waals surface area contributed by atoms with Crippen molar-refractivity contribution < 1.29 is 19.8 Å². The molecular formula is C38H18N4O6. The number of para-hydroxylation sites is 4. The lowest BCUT2D eigenvalue weighted by molar-refractivity contribution is 0.0688. The molecule has 226 valence electrons. The van der Waals surface area contributed by atoms with Gasteiger partial charge >= 0.3 is 11.9 Å². The molecule has 0 saturated carbocycles. The van der Waals surface area contributed by atoms with E-state index in [1.54, 1.807) is 36.4 Å². The molecule has 0 aliphatic heterocycles. The van der Waals surface area contributed by atoms with Crippen molar-refractivity contribution >= 4 is 88.4 Å². The number of hydrogen-bond donors (Lipinski definition) is 2. The summed E-state index contributed by atoms with van der Waals surface area (Å²) in [7, 11) is 0. The number of rotatable bonds is 3. The average Bonchev–Trinajstić information content (AvgIpc) is 3.68. The molecule has 10 nitrogen and oxygen atoms in total. The zero-order chi connectivity index (χ0) is 32.6. The van der Waals surface area contributed by atoms with Crippen LogP contribution in [0.4, 0.5) is 0 Å². The summed E-state index contributed by atoms with van der Waals surface area (Å²) in [6.07, 6.45) is 0. The van der Waals surface area contributed by atoms with E-state index in [1.165, 1.54) is 20.9 Å². The van der Waals surface area contributed by atoms with Gasteiger partial charge in [-0.15, -0.1) is 0 Å². The molecule has 0 aliphatic rings. The van der Waals surface area contributed by atoms with E-state index in [-0.39, 0.29) is 33.0 Å². The minimum Gasteiger partial charge on any atom is -0.478 e. The Balaban J connectivity index is 1.43. The normalized spacial score (nSPS) is 12.2. The van der Waals surface area contributed by atoms with Crippen LogP contribution in [0.3, 0.4) is 0 Å². The van der Waals surface area contributed by atoms with Crippen molar-refractivity contribution in [3.05, 3.63) is 129 Å². The van der Waals surface area contributed by atoms with Crippen molar-refractivity contribution in [1.82, 2.24) is 18.8 Å². The van der Waals surface area contributed by atoms with Crippen molar-refractivity contribution in [2.45, 2.75) is 0 Å². The van der Waals surface area contributed by atoms with Crippen LogP contribution in [0.5, 0.6) is 0 Å². The molecule has 10 aromatic rings. The van der Waals surface area contributed by atoms with Gasteiger partial charge in [-0.1, -0.05) is 36.4 Å². The molecule has 0 amide bonds. The monoisotopic (exact) mass is 626 g/mol. The highest BCUT2D eigenvalue weighted by molar-refractivity contribution is 6.29. The van der Waals surface area contributed by atoms with Gasteiger partial charge in [-0.3, -0.25) is 18.4 Å². The van der Waals surface area contributed by atoms with Crippen molar-refractivity contribution in [3.8, 4) is 11.1 Å². The largest absolute Gasteiger partial charge is 0.478 e. The number of carbonyl (C=O) groups is 2. The second-order valence-corrected chi connectivity index (χ2v) is 11.9. The van der Waals surface area contributed by atoms with Crippen LogP contribution in [0.25, 0.3) is 87.6 Å². The summed E-state index contributed by atoms with van der Waals surface area (Å²) in [5, 5.41) is 24.0. The summed E-state index contributed by atoms with van der Waals surface area (Å²) in [6.45, 7) is 0. The van der Waals surface area contributed by atoms with E-state index >= 15 is 0 Å². The number of nitrogens with zero attached hydrogens (tertiary/aromatic N) is 4.